The molecule has 0 saturated heterocycles. The molecule has 0 aromatic carbocycles. The van der Waals surface area contributed by atoms with E-state index in [1.165, 1.54) is 16.4 Å². The Bertz CT molecular complexity index is 394. The summed E-state index contributed by atoms with van der Waals surface area (Å²) < 4.78 is 1.49. The van der Waals surface area contributed by atoms with Crippen molar-refractivity contribution in [3.8, 4) is 0 Å². The Labute approximate surface area is 117 Å². The van der Waals surface area contributed by atoms with E-state index in [1.807, 2.05) is 20.8 Å². The molecule has 0 aliphatic rings. The number of amides is 1. The Hall–Kier alpha value is -1.15. The molecule has 0 bridgehead atoms. The van der Waals surface area contributed by atoms with Crippen LogP contribution in [0.15, 0.2) is 5.16 Å². The lowest BCUT2D eigenvalue weighted by molar-refractivity contribution is -0.121. The molecule has 0 spiro atoms. The van der Waals surface area contributed by atoms with Crippen molar-refractivity contribution in [3.63, 3.8) is 0 Å². The molecule has 7 nitrogen and oxygen atoms in total. The standard InChI is InChI=1S/C11H21N5O2S/c1-4-9(5-2)12-10(18)8(3)19-11-13-14-15-16(11)6-7-17/h8-9,17H,4-7H2,1-3H3,(H,12,18). The highest BCUT2D eigenvalue weighted by Gasteiger charge is 2.20. The lowest BCUT2D eigenvalue weighted by atomic mass is 10.2. The lowest BCUT2D eigenvalue weighted by Gasteiger charge is -2.17. The van der Waals surface area contributed by atoms with Gasteiger partial charge in [0.15, 0.2) is 0 Å². The summed E-state index contributed by atoms with van der Waals surface area (Å²) in [6.07, 6.45) is 1.84. The van der Waals surface area contributed by atoms with Gasteiger partial charge in [0, 0.05) is 6.04 Å². The van der Waals surface area contributed by atoms with Gasteiger partial charge in [0.1, 0.15) is 0 Å². The van der Waals surface area contributed by atoms with E-state index in [4.69, 9.17) is 5.11 Å². The molecule has 0 aliphatic carbocycles. The van der Waals surface area contributed by atoms with Gasteiger partial charge in [-0.05, 0) is 30.2 Å². The van der Waals surface area contributed by atoms with Crippen LogP contribution in [0.1, 0.15) is 33.6 Å². The molecule has 1 amide bonds. The topological polar surface area (TPSA) is 92.9 Å². The quantitative estimate of drug-likeness (QED) is 0.674. The summed E-state index contributed by atoms with van der Waals surface area (Å²) in [5, 5.41) is 23.3. The number of thioether (sulfide) groups is 1. The Morgan fingerprint density at radius 1 is 1.47 bits per heavy atom. The monoisotopic (exact) mass is 287 g/mol. The average molecular weight is 287 g/mol. The fourth-order valence-corrected chi connectivity index (χ4v) is 2.36. The summed E-state index contributed by atoms with van der Waals surface area (Å²) in [5.74, 6) is -0.0164. The van der Waals surface area contributed by atoms with Gasteiger partial charge in [0.05, 0.1) is 18.4 Å². The van der Waals surface area contributed by atoms with E-state index < -0.39 is 0 Å². The van der Waals surface area contributed by atoms with E-state index in [0.717, 1.165) is 12.8 Å². The van der Waals surface area contributed by atoms with Crippen molar-refractivity contribution in [1.82, 2.24) is 25.5 Å². The van der Waals surface area contributed by atoms with Crippen LogP contribution < -0.4 is 5.32 Å². The minimum absolute atomic E-state index is 0.0164. The van der Waals surface area contributed by atoms with Crippen LogP contribution in [-0.4, -0.2) is 49.1 Å². The molecule has 108 valence electrons. The van der Waals surface area contributed by atoms with Crippen LogP contribution >= 0.6 is 11.8 Å². The number of nitrogens with one attached hydrogen (secondary N) is 1. The smallest absolute Gasteiger partial charge is 0.233 e. The maximum Gasteiger partial charge on any atom is 0.233 e. The molecule has 19 heavy (non-hydrogen) atoms. The van der Waals surface area contributed by atoms with Crippen molar-refractivity contribution in [1.29, 1.82) is 0 Å². The van der Waals surface area contributed by atoms with Crippen LogP contribution in [0, 0.1) is 0 Å². The predicted octanol–water partition coefficient (Wildman–Crippen LogP) is 0.451. The van der Waals surface area contributed by atoms with Gasteiger partial charge < -0.3 is 10.4 Å². The number of rotatable bonds is 8. The van der Waals surface area contributed by atoms with Crippen molar-refractivity contribution in [2.75, 3.05) is 6.61 Å². The number of aliphatic hydroxyl groups excluding tert-OH is 1. The molecule has 0 fully saturated rings. The van der Waals surface area contributed by atoms with Crippen LogP contribution in [0.2, 0.25) is 0 Å². The molecule has 1 rings (SSSR count). The zero-order valence-corrected chi connectivity index (χ0v) is 12.4. The lowest BCUT2D eigenvalue weighted by Crippen LogP contribution is -2.38. The number of hydrogen-bond donors (Lipinski definition) is 2. The van der Waals surface area contributed by atoms with E-state index in [2.05, 4.69) is 20.8 Å². The predicted molar refractivity (Wildman–Crippen MR) is 72.7 cm³/mol. The maximum absolute atomic E-state index is 12.0. The van der Waals surface area contributed by atoms with Gasteiger partial charge in [-0.15, -0.1) is 5.10 Å². The highest BCUT2D eigenvalue weighted by Crippen LogP contribution is 2.20. The zero-order chi connectivity index (χ0) is 14.3. The number of hydrogen-bond acceptors (Lipinski definition) is 6. The SMILES string of the molecule is CCC(CC)NC(=O)C(C)Sc1nnnn1CCO. The summed E-state index contributed by atoms with van der Waals surface area (Å²) in [6.45, 7) is 6.21. The van der Waals surface area contributed by atoms with Gasteiger partial charge in [-0.3, -0.25) is 4.79 Å². The van der Waals surface area contributed by atoms with Crippen molar-refractivity contribution >= 4 is 17.7 Å². The molecule has 1 aromatic rings. The van der Waals surface area contributed by atoms with Gasteiger partial charge in [0.25, 0.3) is 0 Å². The fourth-order valence-electron chi connectivity index (χ4n) is 1.54. The van der Waals surface area contributed by atoms with Gasteiger partial charge in [-0.2, -0.15) is 0 Å². The Morgan fingerprint density at radius 3 is 2.74 bits per heavy atom. The molecule has 0 aliphatic heterocycles. The van der Waals surface area contributed by atoms with Crippen molar-refractivity contribution in [2.45, 2.75) is 56.6 Å². The molecule has 1 atom stereocenters. The summed E-state index contributed by atoms with van der Waals surface area (Å²) in [5.41, 5.74) is 0. The summed E-state index contributed by atoms with van der Waals surface area (Å²) in [4.78, 5) is 12.0. The maximum atomic E-state index is 12.0. The van der Waals surface area contributed by atoms with Gasteiger partial charge in [0.2, 0.25) is 11.1 Å². The Morgan fingerprint density at radius 2 is 2.16 bits per heavy atom. The van der Waals surface area contributed by atoms with E-state index in [0.29, 0.717) is 11.7 Å². The highest BCUT2D eigenvalue weighted by molar-refractivity contribution is 8.00. The summed E-state index contributed by atoms with van der Waals surface area (Å²) in [7, 11) is 0. The number of carbonyl (C=O) groups is 1. The molecule has 0 radical (unpaired) electrons. The first kappa shape index (κ1) is 15.9. The molecule has 1 aromatic heterocycles. The molecular weight excluding hydrogens is 266 g/mol. The Kier molecular flexibility index (Phi) is 6.79. The van der Waals surface area contributed by atoms with Gasteiger partial charge >= 0.3 is 0 Å². The number of tetrazole rings is 1. The average Bonchev–Trinajstić information content (AvgIpc) is 2.83. The third-order valence-electron chi connectivity index (χ3n) is 2.79. The van der Waals surface area contributed by atoms with Gasteiger partial charge in [-0.25, -0.2) is 4.68 Å². The van der Waals surface area contributed by atoms with Gasteiger partial charge in [-0.1, -0.05) is 25.6 Å². The van der Waals surface area contributed by atoms with E-state index in [9.17, 15) is 4.79 Å². The summed E-state index contributed by atoms with van der Waals surface area (Å²) >= 11 is 1.29. The third-order valence-corrected chi connectivity index (χ3v) is 3.87. The van der Waals surface area contributed by atoms with Crippen molar-refractivity contribution in [3.05, 3.63) is 0 Å². The number of nitrogens with zero attached hydrogens (tertiary/aromatic N) is 4. The minimum atomic E-state index is -0.274. The molecule has 2 N–H and O–H groups in total. The van der Waals surface area contributed by atoms with Crippen LogP contribution in [0.3, 0.4) is 0 Å². The number of carbonyl (C=O) groups excluding carboxylic acids is 1. The van der Waals surface area contributed by atoms with E-state index in [-0.39, 0.29) is 23.8 Å². The first-order valence-electron chi connectivity index (χ1n) is 6.46. The largest absolute Gasteiger partial charge is 0.394 e. The summed E-state index contributed by atoms with van der Waals surface area (Å²) in [6, 6.07) is 0.212. The normalized spacial score (nSPS) is 12.7. The van der Waals surface area contributed by atoms with E-state index in [1.54, 1.807) is 0 Å². The molecule has 1 unspecified atom stereocenters. The van der Waals surface area contributed by atoms with Crippen LogP contribution in [0.4, 0.5) is 0 Å². The van der Waals surface area contributed by atoms with Crippen LogP contribution in [0.25, 0.3) is 0 Å². The third kappa shape index (κ3) is 4.79. The number of aliphatic hydroxyl groups is 1. The second-order valence-electron chi connectivity index (χ2n) is 4.19. The first-order valence-corrected chi connectivity index (χ1v) is 7.34. The molecule has 0 saturated carbocycles. The molecule has 8 heteroatoms. The number of aromatic nitrogens is 4. The molecular formula is C11H21N5O2S. The van der Waals surface area contributed by atoms with Crippen LogP contribution in [-0.2, 0) is 11.3 Å². The first-order chi connectivity index (χ1) is 9.12. The Balaban J connectivity index is 2.55. The fraction of sp³-hybridized carbons (Fsp3) is 0.818. The minimum Gasteiger partial charge on any atom is -0.394 e. The molecule has 1 heterocycles. The highest BCUT2D eigenvalue weighted by atomic mass is 32.2. The zero-order valence-electron chi connectivity index (χ0n) is 11.5. The van der Waals surface area contributed by atoms with Crippen molar-refractivity contribution < 1.29 is 9.90 Å². The second kappa shape index (κ2) is 8.11. The van der Waals surface area contributed by atoms with Crippen molar-refractivity contribution in [2.24, 2.45) is 0 Å². The van der Waals surface area contributed by atoms with Crippen LogP contribution in [0.5, 0.6) is 0 Å². The van der Waals surface area contributed by atoms with E-state index >= 15 is 0 Å². The second-order valence-corrected chi connectivity index (χ2v) is 5.50.